The number of pyridine rings is 1. The van der Waals surface area contributed by atoms with Crippen LogP contribution in [0.1, 0.15) is 28.1 Å². The molecule has 1 aromatic carbocycles. The number of hydrogen-bond acceptors (Lipinski definition) is 3. The summed E-state index contributed by atoms with van der Waals surface area (Å²) in [4.78, 5) is 17.1. The maximum absolute atomic E-state index is 11.0. The minimum absolute atomic E-state index is 0.422. The molecule has 3 aromatic rings. The average Bonchev–Trinajstić information content (AvgIpc) is 2.96. The number of imidazole rings is 1. The summed E-state index contributed by atoms with van der Waals surface area (Å²) in [5.74, 6) is 0. The Kier molecular flexibility index (Phi) is 5.35. The Morgan fingerprint density at radius 2 is 1.89 bits per heavy atom. The SMILES string of the molecule is Cc1cccc(C)c1CNc1cccn2c(C)c(CCN(C)C(=O)O)nc12. The zero-order valence-electron chi connectivity index (χ0n) is 16.3. The smallest absolute Gasteiger partial charge is 0.407 e. The van der Waals surface area contributed by atoms with Crippen molar-refractivity contribution in [1.82, 2.24) is 14.3 Å². The fraction of sp³-hybridized carbons (Fsp3) is 0.333. The van der Waals surface area contributed by atoms with Crippen LogP contribution in [-0.2, 0) is 13.0 Å². The van der Waals surface area contributed by atoms with Crippen LogP contribution in [0.2, 0.25) is 0 Å². The maximum Gasteiger partial charge on any atom is 0.407 e. The van der Waals surface area contributed by atoms with Gasteiger partial charge in [0, 0.05) is 38.4 Å². The lowest BCUT2D eigenvalue weighted by Crippen LogP contribution is -2.27. The van der Waals surface area contributed by atoms with Crippen molar-refractivity contribution in [3.8, 4) is 0 Å². The molecule has 2 heterocycles. The lowest BCUT2D eigenvalue weighted by atomic mass is 10.0. The normalized spacial score (nSPS) is 11.0. The number of amides is 1. The molecule has 0 atom stereocenters. The number of hydrogen-bond donors (Lipinski definition) is 2. The standard InChI is InChI=1S/C21H26N4O2/c1-14-7-5-8-15(2)17(14)13-22-19-9-6-11-25-16(3)18(23-20(19)25)10-12-24(4)21(26)27/h5-9,11,22H,10,12-13H2,1-4H3,(H,26,27). The fourth-order valence-electron chi connectivity index (χ4n) is 3.29. The van der Waals surface area contributed by atoms with Crippen molar-refractivity contribution in [3.63, 3.8) is 0 Å². The Labute approximate surface area is 159 Å². The lowest BCUT2D eigenvalue weighted by molar-refractivity contribution is 0.156. The van der Waals surface area contributed by atoms with Gasteiger partial charge in [-0.05, 0) is 49.6 Å². The van der Waals surface area contributed by atoms with Crippen molar-refractivity contribution in [2.45, 2.75) is 33.7 Å². The van der Waals surface area contributed by atoms with E-state index >= 15 is 0 Å². The Morgan fingerprint density at radius 1 is 1.19 bits per heavy atom. The van der Waals surface area contributed by atoms with Crippen molar-refractivity contribution in [1.29, 1.82) is 0 Å². The summed E-state index contributed by atoms with van der Waals surface area (Å²) in [6.07, 6.45) is 1.66. The number of fused-ring (bicyclic) bond motifs is 1. The Hall–Kier alpha value is -3.02. The van der Waals surface area contributed by atoms with Gasteiger partial charge in [0.2, 0.25) is 0 Å². The molecule has 0 saturated heterocycles. The number of rotatable bonds is 6. The highest BCUT2D eigenvalue weighted by Crippen LogP contribution is 2.22. The highest BCUT2D eigenvalue weighted by atomic mass is 16.4. The number of aromatic nitrogens is 2. The zero-order valence-corrected chi connectivity index (χ0v) is 16.3. The van der Waals surface area contributed by atoms with Gasteiger partial charge in [0.05, 0.1) is 11.4 Å². The summed E-state index contributed by atoms with van der Waals surface area (Å²) in [5.41, 5.74) is 7.64. The number of carboxylic acid groups (broad SMARTS) is 1. The van der Waals surface area contributed by atoms with Gasteiger partial charge >= 0.3 is 6.09 Å². The third-order valence-corrected chi connectivity index (χ3v) is 5.10. The molecule has 2 aromatic heterocycles. The number of likely N-dealkylation sites (N-methyl/N-ethyl adjacent to an activating group) is 1. The minimum atomic E-state index is -0.924. The van der Waals surface area contributed by atoms with Crippen molar-refractivity contribution < 1.29 is 9.90 Å². The molecule has 0 saturated carbocycles. The van der Waals surface area contributed by atoms with E-state index in [1.165, 1.54) is 21.6 Å². The summed E-state index contributed by atoms with van der Waals surface area (Å²) >= 11 is 0. The first-order chi connectivity index (χ1) is 12.9. The summed E-state index contributed by atoms with van der Waals surface area (Å²) in [7, 11) is 1.57. The van der Waals surface area contributed by atoms with Crippen LogP contribution >= 0.6 is 0 Å². The molecule has 1 amide bonds. The van der Waals surface area contributed by atoms with Gasteiger partial charge in [0.1, 0.15) is 0 Å². The number of anilines is 1. The quantitative estimate of drug-likeness (QED) is 0.691. The second-order valence-electron chi connectivity index (χ2n) is 6.94. The van der Waals surface area contributed by atoms with Crippen LogP contribution in [0.3, 0.4) is 0 Å². The van der Waals surface area contributed by atoms with Gasteiger partial charge in [-0.1, -0.05) is 18.2 Å². The van der Waals surface area contributed by atoms with Crippen LogP contribution < -0.4 is 5.32 Å². The summed E-state index contributed by atoms with van der Waals surface area (Å²) in [6, 6.07) is 10.4. The van der Waals surface area contributed by atoms with Gasteiger partial charge in [0.15, 0.2) is 5.65 Å². The second kappa shape index (κ2) is 7.70. The number of nitrogens with zero attached hydrogens (tertiary/aromatic N) is 3. The first kappa shape index (κ1) is 18.8. The first-order valence-electron chi connectivity index (χ1n) is 9.08. The molecule has 0 bridgehead atoms. The Bertz CT molecular complexity index is 957. The van der Waals surface area contributed by atoms with Crippen LogP contribution in [0.15, 0.2) is 36.5 Å². The predicted molar refractivity (Wildman–Crippen MR) is 108 cm³/mol. The van der Waals surface area contributed by atoms with E-state index in [0.717, 1.165) is 29.3 Å². The van der Waals surface area contributed by atoms with E-state index in [4.69, 9.17) is 10.1 Å². The van der Waals surface area contributed by atoms with Gasteiger partial charge < -0.3 is 19.7 Å². The highest BCUT2D eigenvalue weighted by Gasteiger charge is 2.14. The van der Waals surface area contributed by atoms with Crippen LogP contribution in [0, 0.1) is 20.8 Å². The predicted octanol–water partition coefficient (Wildman–Crippen LogP) is 4.02. The molecule has 0 aliphatic carbocycles. The number of aryl methyl sites for hydroxylation is 3. The van der Waals surface area contributed by atoms with E-state index in [-0.39, 0.29) is 0 Å². The monoisotopic (exact) mass is 366 g/mol. The van der Waals surface area contributed by atoms with Crippen LogP contribution in [0.4, 0.5) is 10.5 Å². The lowest BCUT2D eigenvalue weighted by Gasteiger charge is -2.12. The van der Waals surface area contributed by atoms with Crippen molar-refractivity contribution >= 4 is 17.4 Å². The molecule has 0 fully saturated rings. The van der Waals surface area contributed by atoms with E-state index in [1.807, 2.05) is 25.3 Å². The number of benzene rings is 1. The molecule has 0 spiro atoms. The second-order valence-corrected chi connectivity index (χ2v) is 6.94. The van der Waals surface area contributed by atoms with Crippen LogP contribution in [0.25, 0.3) is 5.65 Å². The molecule has 27 heavy (non-hydrogen) atoms. The van der Waals surface area contributed by atoms with Crippen molar-refractivity contribution in [2.24, 2.45) is 0 Å². The van der Waals surface area contributed by atoms with Gasteiger partial charge in [-0.3, -0.25) is 0 Å². The molecule has 6 nitrogen and oxygen atoms in total. The van der Waals surface area contributed by atoms with Gasteiger partial charge in [-0.25, -0.2) is 9.78 Å². The molecule has 0 unspecified atom stereocenters. The van der Waals surface area contributed by atoms with Gasteiger partial charge in [0.25, 0.3) is 0 Å². The van der Waals surface area contributed by atoms with E-state index < -0.39 is 6.09 Å². The molecule has 0 aliphatic heterocycles. The molecule has 142 valence electrons. The Balaban J connectivity index is 1.84. The van der Waals surface area contributed by atoms with Gasteiger partial charge in [-0.15, -0.1) is 0 Å². The maximum atomic E-state index is 11.0. The van der Waals surface area contributed by atoms with Crippen LogP contribution in [0.5, 0.6) is 0 Å². The average molecular weight is 366 g/mol. The third-order valence-electron chi connectivity index (χ3n) is 5.10. The number of nitrogens with one attached hydrogen (secondary N) is 1. The summed E-state index contributed by atoms with van der Waals surface area (Å²) in [5, 5.41) is 12.5. The van der Waals surface area contributed by atoms with Crippen molar-refractivity contribution in [2.75, 3.05) is 18.9 Å². The molecular formula is C21H26N4O2. The summed E-state index contributed by atoms with van der Waals surface area (Å²) < 4.78 is 2.06. The highest BCUT2D eigenvalue weighted by molar-refractivity contribution is 5.69. The molecule has 0 aliphatic rings. The molecule has 2 N–H and O–H groups in total. The third kappa shape index (κ3) is 3.89. The van der Waals surface area contributed by atoms with E-state index in [9.17, 15) is 4.79 Å². The van der Waals surface area contributed by atoms with Crippen molar-refractivity contribution in [3.05, 3.63) is 64.6 Å². The molecule has 6 heteroatoms. The largest absolute Gasteiger partial charge is 0.465 e. The fourth-order valence-corrected chi connectivity index (χ4v) is 3.29. The summed E-state index contributed by atoms with van der Waals surface area (Å²) in [6.45, 7) is 7.43. The topological polar surface area (TPSA) is 69.9 Å². The van der Waals surface area contributed by atoms with E-state index in [2.05, 4.69) is 41.8 Å². The number of carbonyl (C=O) groups is 1. The van der Waals surface area contributed by atoms with E-state index in [1.54, 1.807) is 7.05 Å². The van der Waals surface area contributed by atoms with Gasteiger partial charge in [-0.2, -0.15) is 0 Å². The molecular weight excluding hydrogens is 340 g/mol. The Morgan fingerprint density at radius 3 is 2.56 bits per heavy atom. The minimum Gasteiger partial charge on any atom is -0.465 e. The molecule has 3 rings (SSSR count). The first-order valence-corrected chi connectivity index (χ1v) is 9.08. The van der Waals surface area contributed by atoms with E-state index in [0.29, 0.717) is 13.0 Å². The molecule has 0 radical (unpaired) electrons. The zero-order chi connectivity index (χ0) is 19.6. The van der Waals surface area contributed by atoms with Crippen LogP contribution in [-0.4, -0.2) is 39.1 Å².